The number of carbonyl (C=O) groups is 1. The largest absolute Gasteiger partial charge is 0.435 e. The van der Waals surface area contributed by atoms with Crippen molar-refractivity contribution in [2.75, 3.05) is 5.32 Å². The molecule has 204 valence electrons. The van der Waals surface area contributed by atoms with Gasteiger partial charge < -0.3 is 9.88 Å². The third-order valence-corrected chi connectivity index (χ3v) is 6.71. The molecule has 2 aromatic heterocycles. The molecule has 1 saturated carbocycles. The van der Waals surface area contributed by atoms with E-state index in [1.54, 1.807) is 0 Å². The monoisotopic (exact) mass is 550 g/mol. The Hall–Kier alpha value is -4.79. The number of nitriles is 1. The third kappa shape index (κ3) is 5.78. The lowest BCUT2D eigenvalue weighted by Crippen LogP contribution is -2.25. The molecule has 40 heavy (non-hydrogen) atoms. The number of nitrogens with one attached hydrogen (secondary N) is 1. The van der Waals surface area contributed by atoms with Gasteiger partial charge in [0.15, 0.2) is 5.69 Å². The number of amides is 1. The number of hydrogen-bond donors (Lipinski definition) is 1. The van der Waals surface area contributed by atoms with Crippen molar-refractivity contribution in [1.29, 1.82) is 5.26 Å². The number of benzene rings is 2. The van der Waals surface area contributed by atoms with E-state index < -0.39 is 35.3 Å². The van der Waals surface area contributed by atoms with Gasteiger partial charge in [-0.15, -0.1) is 0 Å². The highest BCUT2D eigenvalue weighted by atomic mass is 19.4. The quantitative estimate of drug-likeness (QED) is 0.292. The minimum atomic E-state index is -4.86. The van der Waals surface area contributed by atoms with Crippen molar-refractivity contribution < 1.29 is 22.4 Å². The van der Waals surface area contributed by atoms with Crippen LogP contribution < -0.4 is 10.9 Å². The topological polar surface area (TPSA) is 106 Å². The molecule has 0 aliphatic heterocycles. The first-order valence-electron chi connectivity index (χ1n) is 12.4. The smallest absolute Gasteiger partial charge is 0.318 e. The van der Waals surface area contributed by atoms with Gasteiger partial charge in [-0.05, 0) is 54.7 Å². The van der Waals surface area contributed by atoms with Crippen LogP contribution in [-0.4, -0.2) is 25.2 Å². The lowest BCUT2D eigenvalue weighted by Gasteiger charge is -2.21. The summed E-state index contributed by atoms with van der Waals surface area (Å²) in [6.07, 6.45) is 2.97. The highest BCUT2D eigenvalue weighted by Gasteiger charge is 2.36. The molecule has 2 heterocycles. The van der Waals surface area contributed by atoms with Crippen LogP contribution in [0.5, 0.6) is 0 Å². The highest BCUT2D eigenvalue weighted by molar-refractivity contribution is 6.03. The van der Waals surface area contributed by atoms with Crippen LogP contribution in [0.25, 0.3) is 5.69 Å². The molecular weight excluding hydrogens is 528 g/mol. The maximum atomic E-state index is 14.9. The summed E-state index contributed by atoms with van der Waals surface area (Å²) in [5.74, 6) is -1.30. The molecule has 1 fully saturated rings. The molecular formula is C28H22F4N6O2. The number of hydrogen-bond acceptors (Lipinski definition) is 5. The summed E-state index contributed by atoms with van der Waals surface area (Å²) in [7, 11) is 0. The van der Waals surface area contributed by atoms with Crippen LogP contribution in [0.1, 0.15) is 59.0 Å². The summed E-state index contributed by atoms with van der Waals surface area (Å²) in [5.41, 5.74) is -1.72. The minimum absolute atomic E-state index is 0.0473. The molecule has 1 N–H and O–H groups in total. The standard InChI is InChI=1S/C28H22F4N6O2/c29-21-8-7-19(23(9-6-17-4-5-17)37-11-10-34-16-26(37)39)13-22(21)35-27(40)24-14-25(28(30,31)32)36-38(24)20-3-1-2-18(12-20)15-33/h1-3,7-8,10-14,16-17,23H,4-6,9H2,(H,35,40). The summed E-state index contributed by atoms with van der Waals surface area (Å²) in [6, 6.07) is 11.6. The highest BCUT2D eigenvalue weighted by Crippen LogP contribution is 2.37. The van der Waals surface area contributed by atoms with Crippen LogP contribution in [0.2, 0.25) is 0 Å². The van der Waals surface area contributed by atoms with Crippen molar-refractivity contribution in [1.82, 2.24) is 19.3 Å². The van der Waals surface area contributed by atoms with E-state index in [9.17, 15) is 32.4 Å². The van der Waals surface area contributed by atoms with Crippen LogP contribution in [0.3, 0.4) is 0 Å². The molecule has 1 atom stereocenters. The first kappa shape index (κ1) is 26.8. The number of carbonyl (C=O) groups excluding carboxylic acids is 1. The summed E-state index contributed by atoms with van der Waals surface area (Å²) in [4.78, 5) is 29.6. The van der Waals surface area contributed by atoms with Crippen LogP contribution >= 0.6 is 0 Å². The van der Waals surface area contributed by atoms with E-state index >= 15 is 0 Å². The SMILES string of the molecule is N#Cc1cccc(-n2nc(C(F)(F)F)cc2C(=O)Nc2cc(C(CCC3CC3)n3ccncc3=O)ccc2F)c1. The number of aromatic nitrogens is 4. The van der Waals surface area contributed by atoms with Crippen molar-refractivity contribution in [3.63, 3.8) is 0 Å². The Morgan fingerprint density at radius 3 is 2.67 bits per heavy atom. The normalized spacial score (nSPS) is 14.0. The summed E-state index contributed by atoms with van der Waals surface area (Å²) in [5, 5.41) is 15.1. The molecule has 0 bridgehead atoms. The van der Waals surface area contributed by atoms with E-state index in [2.05, 4.69) is 15.4 Å². The fourth-order valence-electron chi connectivity index (χ4n) is 4.50. The Morgan fingerprint density at radius 2 is 1.98 bits per heavy atom. The van der Waals surface area contributed by atoms with Gasteiger partial charge in [0.1, 0.15) is 11.5 Å². The fraction of sp³-hybridized carbons (Fsp3) is 0.250. The zero-order valence-electron chi connectivity index (χ0n) is 20.9. The maximum Gasteiger partial charge on any atom is 0.435 e. The number of rotatable bonds is 8. The van der Waals surface area contributed by atoms with E-state index in [0.29, 0.717) is 24.0 Å². The molecule has 5 rings (SSSR count). The van der Waals surface area contributed by atoms with Crippen LogP contribution in [0.4, 0.5) is 23.2 Å². The molecule has 1 aliphatic rings. The van der Waals surface area contributed by atoms with Crippen molar-refractivity contribution in [2.45, 2.75) is 37.9 Å². The van der Waals surface area contributed by atoms with Gasteiger partial charge in [0.2, 0.25) is 0 Å². The molecule has 2 aromatic carbocycles. The molecule has 8 nitrogen and oxygen atoms in total. The van der Waals surface area contributed by atoms with E-state index in [1.807, 2.05) is 6.07 Å². The number of anilines is 1. The van der Waals surface area contributed by atoms with E-state index in [1.165, 1.54) is 59.6 Å². The molecule has 1 unspecified atom stereocenters. The first-order valence-corrected chi connectivity index (χ1v) is 12.4. The van der Waals surface area contributed by atoms with Gasteiger partial charge in [0, 0.05) is 18.5 Å². The van der Waals surface area contributed by atoms with E-state index in [-0.39, 0.29) is 22.5 Å². The molecule has 0 radical (unpaired) electrons. The van der Waals surface area contributed by atoms with Crippen LogP contribution in [0, 0.1) is 23.1 Å². The minimum Gasteiger partial charge on any atom is -0.318 e. The Kier molecular flexibility index (Phi) is 7.21. The Bertz CT molecular complexity index is 1670. The van der Waals surface area contributed by atoms with Crippen LogP contribution in [0.15, 0.2) is 71.9 Å². The molecule has 0 saturated heterocycles. The summed E-state index contributed by atoms with van der Waals surface area (Å²) >= 11 is 0. The molecule has 1 aliphatic carbocycles. The van der Waals surface area contributed by atoms with Crippen LogP contribution in [-0.2, 0) is 6.18 Å². The second kappa shape index (κ2) is 10.8. The van der Waals surface area contributed by atoms with Gasteiger partial charge in [0.25, 0.3) is 11.5 Å². The molecule has 0 spiro atoms. The number of halogens is 4. The summed E-state index contributed by atoms with van der Waals surface area (Å²) in [6.45, 7) is 0. The predicted molar refractivity (Wildman–Crippen MR) is 136 cm³/mol. The Morgan fingerprint density at radius 1 is 1.18 bits per heavy atom. The average molecular weight is 551 g/mol. The van der Waals surface area contributed by atoms with Gasteiger partial charge in [0.05, 0.1) is 35.2 Å². The predicted octanol–water partition coefficient (Wildman–Crippen LogP) is 5.49. The molecule has 12 heteroatoms. The Labute approximate surface area is 225 Å². The fourth-order valence-corrected chi connectivity index (χ4v) is 4.50. The van der Waals surface area contributed by atoms with E-state index in [0.717, 1.165) is 30.0 Å². The zero-order chi connectivity index (χ0) is 28.4. The lowest BCUT2D eigenvalue weighted by atomic mass is 9.99. The van der Waals surface area contributed by atoms with E-state index in [4.69, 9.17) is 0 Å². The second-order valence-electron chi connectivity index (χ2n) is 9.54. The second-order valence-corrected chi connectivity index (χ2v) is 9.54. The van der Waals surface area contributed by atoms with Gasteiger partial charge in [-0.25, -0.2) is 9.07 Å². The molecule has 1 amide bonds. The number of nitrogens with zero attached hydrogens (tertiary/aromatic N) is 5. The van der Waals surface area contributed by atoms with Crippen molar-refractivity contribution >= 4 is 11.6 Å². The third-order valence-electron chi connectivity index (χ3n) is 6.71. The summed E-state index contributed by atoms with van der Waals surface area (Å²) < 4.78 is 57.7. The van der Waals surface area contributed by atoms with Gasteiger partial charge >= 0.3 is 6.18 Å². The zero-order valence-corrected chi connectivity index (χ0v) is 20.9. The maximum absolute atomic E-state index is 14.9. The first-order chi connectivity index (χ1) is 19.1. The number of alkyl halides is 3. The van der Waals surface area contributed by atoms with Crippen molar-refractivity contribution in [3.8, 4) is 11.8 Å². The van der Waals surface area contributed by atoms with Gasteiger partial charge in [-0.3, -0.25) is 14.6 Å². The van der Waals surface area contributed by atoms with Crippen molar-refractivity contribution in [2.24, 2.45) is 5.92 Å². The van der Waals surface area contributed by atoms with Gasteiger partial charge in [-0.1, -0.05) is 25.0 Å². The van der Waals surface area contributed by atoms with Gasteiger partial charge in [-0.2, -0.15) is 23.5 Å². The average Bonchev–Trinajstić information content (AvgIpc) is 3.64. The van der Waals surface area contributed by atoms with Crippen molar-refractivity contribution in [3.05, 3.63) is 106 Å². The molecule has 4 aromatic rings. The Balaban J connectivity index is 1.50. The lowest BCUT2D eigenvalue weighted by molar-refractivity contribution is -0.141.